The van der Waals surface area contributed by atoms with Gasteiger partial charge in [-0.2, -0.15) is 0 Å². The average Bonchev–Trinajstić information content (AvgIpc) is 2.32. The first-order valence-electron chi connectivity index (χ1n) is 6.06. The molecule has 1 aromatic rings. The van der Waals surface area contributed by atoms with Gasteiger partial charge in [0.1, 0.15) is 5.75 Å². The quantitative estimate of drug-likeness (QED) is 0.275. The highest BCUT2D eigenvalue weighted by Gasteiger charge is 2.39. The summed E-state index contributed by atoms with van der Waals surface area (Å²) >= 11 is 0. The van der Waals surface area contributed by atoms with Gasteiger partial charge in [-0.1, -0.05) is 29.8 Å². The number of carbonyl (C=O) groups excluding carboxylic acids is 1. The van der Waals surface area contributed by atoms with Crippen LogP contribution in [0.5, 0.6) is 5.75 Å². The van der Waals surface area contributed by atoms with Gasteiger partial charge in [0.25, 0.3) is 0 Å². The zero-order valence-corrected chi connectivity index (χ0v) is 10.8. The largest absolute Gasteiger partial charge is 0.426 e. The lowest BCUT2D eigenvalue weighted by atomic mass is 9.82. The monoisotopic (exact) mass is 261 g/mol. The molecule has 0 radical (unpaired) electrons. The van der Waals surface area contributed by atoms with E-state index in [9.17, 15) is 14.9 Å². The molecule has 0 fully saturated rings. The molecule has 5 nitrogen and oxygen atoms in total. The molecule has 2 atom stereocenters. The van der Waals surface area contributed by atoms with Crippen LogP contribution in [0.3, 0.4) is 0 Å². The van der Waals surface area contributed by atoms with E-state index in [0.29, 0.717) is 5.75 Å². The van der Waals surface area contributed by atoms with Gasteiger partial charge < -0.3 is 4.74 Å². The van der Waals surface area contributed by atoms with E-state index in [1.54, 1.807) is 30.3 Å². The molecule has 0 amide bonds. The number of fused-ring (bicyclic) bond motifs is 1. The van der Waals surface area contributed by atoms with Gasteiger partial charge in [0.05, 0.1) is 11.8 Å². The Morgan fingerprint density at radius 2 is 2.11 bits per heavy atom. The van der Waals surface area contributed by atoms with Gasteiger partial charge >= 0.3 is 5.97 Å². The first-order chi connectivity index (χ1) is 8.99. The molecule has 1 aliphatic rings. The minimum absolute atomic E-state index is 0.277. The zero-order valence-electron chi connectivity index (χ0n) is 10.8. The van der Waals surface area contributed by atoms with Gasteiger partial charge in [0, 0.05) is 10.5 Å². The van der Waals surface area contributed by atoms with Crippen molar-refractivity contribution < 1.29 is 14.5 Å². The number of rotatable bonds is 3. The van der Waals surface area contributed by atoms with Gasteiger partial charge in [0.2, 0.25) is 6.54 Å². The summed E-state index contributed by atoms with van der Waals surface area (Å²) in [5.41, 5.74) is 1.66. The molecule has 1 heterocycles. The van der Waals surface area contributed by atoms with Crippen LogP contribution in [0.15, 0.2) is 35.9 Å². The van der Waals surface area contributed by atoms with Crippen molar-refractivity contribution in [3.8, 4) is 5.75 Å². The molecule has 100 valence electrons. The maximum Gasteiger partial charge on any atom is 0.319 e. The fourth-order valence-corrected chi connectivity index (χ4v) is 2.33. The number of para-hydroxylation sites is 1. The fourth-order valence-electron chi connectivity index (χ4n) is 2.33. The third kappa shape index (κ3) is 2.81. The number of hydrogen-bond acceptors (Lipinski definition) is 4. The first kappa shape index (κ1) is 13.3. The van der Waals surface area contributed by atoms with Gasteiger partial charge in [0.15, 0.2) is 0 Å². The molecular formula is C14H15NO4. The summed E-state index contributed by atoms with van der Waals surface area (Å²) in [6.07, 6.45) is 1.74. The van der Waals surface area contributed by atoms with Crippen molar-refractivity contribution >= 4 is 5.97 Å². The Morgan fingerprint density at radius 1 is 1.42 bits per heavy atom. The zero-order chi connectivity index (χ0) is 14.0. The molecule has 0 N–H and O–H groups in total. The molecule has 0 unspecified atom stereocenters. The highest BCUT2D eigenvalue weighted by atomic mass is 16.6. The SMILES string of the molecule is CC(C)=C[C@@H]1C(=O)Oc2ccccc2[C@@H]1C[N+](=O)[O-]. The van der Waals surface area contributed by atoms with Crippen LogP contribution in [-0.4, -0.2) is 17.4 Å². The number of esters is 1. The minimum Gasteiger partial charge on any atom is -0.426 e. The molecule has 0 bridgehead atoms. The van der Waals surface area contributed by atoms with Gasteiger partial charge in [-0.25, -0.2) is 0 Å². The van der Waals surface area contributed by atoms with E-state index in [-0.39, 0.29) is 11.5 Å². The van der Waals surface area contributed by atoms with Crippen LogP contribution >= 0.6 is 0 Å². The van der Waals surface area contributed by atoms with E-state index in [2.05, 4.69) is 0 Å². The number of nitrogens with zero attached hydrogens (tertiary/aromatic N) is 1. The Morgan fingerprint density at radius 3 is 2.74 bits per heavy atom. The van der Waals surface area contributed by atoms with E-state index in [1.165, 1.54) is 0 Å². The maximum absolute atomic E-state index is 12.0. The summed E-state index contributed by atoms with van der Waals surface area (Å²) in [6.45, 7) is 3.44. The maximum atomic E-state index is 12.0. The predicted octanol–water partition coefficient (Wildman–Crippen LogP) is 2.55. The van der Waals surface area contributed by atoms with E-state index >= 15 is 0 Å². The molecule has 0 aliphatic carbocycles. The second-order valence-electron chi connectivity index (χ2n) is 4.85. The normalized spacial score (nSPS) is 21.3. The number of ether oxygens (including phenoxy) is 1. The number of allylic oxidation sites excluding steroid dienone is 1. The van der Waals surface area contributed by atoms with Crippen molar-refractivity contribution in [3.63, 3.8) is 0 Å². The minimum atomic E-state index is -0.592. The second-order valence-corrected chi connectivity index (χ2v) is 4.85. The van der Waals surface area contributed by atoms with Crippen molar-refractivity contribution in [1.29, 1.82) is 0 Å². The Bertz CT molecular complexity index is 546. The van der Waals surface area contributed by atoms with E-state index in [4.69, 9.17) is 4.74 Å². The van der Waals surface area contributed by atoms with E-state index in [1.807, 2.05) is 13.8 Å². The summed E-state index contributed by atoms with van der Waals surface area (Å²) in [7, 11) is 0. The van der Waals surface area contributed by atoms with Gasteiger partial charge in [-0.15, -0.1) is 0 Å². The molecular weight excluding hydrogens is 246 g/mol. The number of carbonyl (C=O) groups is 1. The van der Waals surface area contributed by atoms with Crippen molar-refractivity contribution in [2.45, 2.75) is 19.8 Å². The summed E-state index contributed by atoms with van der Waals surface area (Å²) in [5, 5.41) is 10.8. The van der Waals surface area contributed by atoms with Crippen LogP contribution in [-0.2, 0) is 4.79 Å². The molecule has 1 aromatic carbocycles. The average molecular weight is 261 g/mol. The van der Waals surface area contributed by atoms with E-state index < -0.39 is 17.8 Å². The van der Waals surface area contributed by atoms with E-state index in [0.717, 1.165) is 11.1 Å². The van der Waals surface area contributed by atoms with Crippen LogP contribution in [0.4, 0.5) is 0 Å². The third-order valence-electron chi connectivity index (χ3n) is 3.09. The molecule has 0 saturated carbocycles. The van der Waals surface area contributed by atoms with Crippen LogP contribution in [0.2, 0.25) is 0 Å². The Balaban J connectivity index is 2.47. The van der Waals surface area contributed by atoms with Crippen molar-refractivity contribution in [3.05, 3.63) is 51.6 Å². The lowest BCUT2D eigenvalue weighted by molar-refractivity contribution is -0.484. The summed E-state index contributed by atoms with van der Waals surface area (Å²) in [5.74, 6) is -1.06. The Kier molecular flexibility index (Phi) is 3.64. The van der Waals surface area contributed by atoms with Gasteiger partial charge in [-0.3, -0.25) is 14.9 Å². The van der Waals surface area contributed by atoms with Crippen LogP contribution in [0.1, 0.15) is 25.3 Å². The predicted molar refractivity (Wildman–Crippen MR) is 69.6 cm³/mol. The molecule has 0 spiro atoms. The highest BCUT2D eigenvalue weighted by molar-refractivity contribution is 5.81. The lowest BCUT2D eigenvalue weighted by Crippen LogP contribution is -2.34. The van der Waals surface area contributed by atoms with Crippen LogP contribution in [0, 0.1) is 16.0 Å². The summed E-state index contributed by atoms with van der Waals surface area (Å²) < 4.78 is 5.25. The topological polar surface area (TPSA) is 69.4 Å². The highest BCUT2D eigenvalue weighted by Crippen LogP contribution is 2.38. The smallest absolute Gasteiger partial charge is 0.319 e. The van der Waals surface area contributed by atoms with Crippen molar-refractivity contribution in [2.75, 3.05) is 6.54 Å². The number of nitro groups is 1. The molecule has 2 rings (SSSR count). The standard InChI is InChI=1S/C14H15NO4/c1-9(2)7-11-12(8-15(17)18)10-5-3-4-6-13(10)19-14(11)16/h3-7,11-12H,8H2,1-2H3/t11-,12-/m0/s1. The summed E-state index contributed by atoms with van der Waals surface area (Å²) in [4.78, 5) is 22.5. The van der Waals surface area contributed by atoms with Crippen molar-refractivity contribution in [1.82, 2.24) is 0 Å². The molecule has 1 aliphatic heterocycles. The first-order valence-corrected chi connectivity index (χ1v) is 6.06. The van der Waals surface area contributed by atoms with Crippen LogP contribution < -0.4 is 4.74 Å². The van der Waals surface area contributed by atoms with Crippen LogP contribution in [0.25, 0.3) is 0 Å². The Hall–Kier alpha value is -2.17. The molecule has 19 heavy (non-hydrogen) atoms. The molecule has 0 aromatic heterocycles. The fraction of sp³-hybridized carbons (Fsp3) is 0.357. The third-order valence-corrected chi connectivity index (χ3v) is 3.09. The second kappa shape index (κ2) is 5.22. The van der Waals surface area contributed by atoms with Gasteiger partial charge in [-0.05, 0) is 19.9 Å². The molecule has 0 saturated heterocycles. The lowest BCUT2D eigenvalue weighted by Gasteiger charge is -2.28. The summed E-state index contributed by atoms with van der Waals surface area (Å²) in [6, 6.07) is 6.99. The number of benzene rings is 1. The van der Waals surface area contributed by atoms with Crippen molar-refractivity contribution in [2.24, 2.45) is 5.92 Å². The Labute approximate surface area is 111 Å². The molecule has 5 heteroatoms. The number of hydrogen-bond donors (Lipinski definition) is 0.